The number of aryl methyl sites for hydroxylation is 2. The number of ether oxygens (including phenoxy) is 2. The van der Waals surface area contributed by atoms with Crippen molar-refractivity contribution in [1.29, 1.82) is 0 Å². The summed E-state index contributed by atoms with van der Waals surface area (Å²) in [6, 6.07) is 13.1. The average Bonchev–Trinajstić information content (AvgIpc) is 4.15. The van der Waals surface area contributed by atoms with Crippen molar-refractivity contribution in [1.82, 2.24) is 38.5 Å². The van der Waals surface area contributed by atoms with Crippen LogP contribution < -0.4 is 20.1 Å². The van der Waals surface area contributed by atoms with Crippen LogP contribution in [0, 0.1) is 37.1 Å². The van der Waals surface area contributed by atoms with Crippen LogP contribution in [-0.2, 0) is 25.9 Å². The van der Waals surface area contributed by atoms with Gasteiger partial charge in [-0.05, 0) is 67.9 Å². The van der Waals surface area contributed by atoms with Crippen molar-refractivity contribution in [3.05, 3.63) is 152 Å². The fraction of sp³-hybridized carbons (Fsp3) is 0.240. The summed E-state index contributed by atoms with van der Waals surface area (Å²) in [6.07, 6.45) is 8.02. The molecule has 8 aromatic rings. The quantitative estimate of drug-likeness (QED) is 0.128. The van der Waals surface area contributed by atoms with Gasteiger partial charge in [0.2, 0.25) is 11.9 Å². The van der Waals surface area contributed by atoms with Gasteiger partial charge in [-0.3, -0.25) is 18.4 Å². The third-order valence-electron chi connectivity index (χ3n) is 11.9. The Morgan fingerprint density at radius 1 is 0.638 bits per heavy atom. The molecule has 0 saturated heterocycles. The highest BCUT2D eigenvalue weighted by molar-refractivity contribution is 6.34. The number of nitrogens with zero attached hydrogens (tertiary/aromatic N) is 8. The summed E-state index contributed by atoms with van der Waals surface area (Å²) in [7, 11) is 6.23. The number of carbonyl (C=O) groups is 2. The molecule has 4 aromatic carbocycles. The van der Waals surface area contributed by atoms with Gasteiger partial charge in [-0.15, -0.1) is 0 Å². The van der Waals surface area contributed by atoms with Crippen molar-refractivity contribution in [3.63, 3.8) is 0 Å². The highest BCUT2D eigenvalue weighted by Gasteiger charge is 2.24. The maximum atomic E-state index is 14.9. The summed E-state index contributed by atoms with van der Waals surface area (Å²) in [5.41, 5.74) is 7.21. The van der Waals surface area contributed by atoms with E-state index in [1.165, 1.54) is 52.4 Å². The molecule has 0 spiro atoms. The first-order valence-electron chi connectivity index (χ1n) is 21.8. The minimum Gasteiger partial charge on any atom is -0.493 e. The molecule has 0 fully saturated rings. The zero-order valence-corrected chi connectivity index (χ0v) is 39.1. The van der Waals surface area contributed by atoms with Gasteiger partial charge in [-0.1, -0.05) is 17.7 Å². The first-order chi connectivity index (χ1) is 33.1. The smallest absolute Gasteiger partial charge is 0.256 e. The number of carbonyl (C=O) groups excluding carboxylic acids is 2. The van der Waals surface area contributed by atoms with Gasteiger partial charge >= 0.3 is 0 Å². The molecule has 19 heteroatoms. The second-order valence-electron chi connectivity index (χ2n) is 17.0. The minimum absolute atomic E-state index is 0.00284. The Morgan fingerprint density at radius 3 is 1.65 bits per heavy atom. The Morgan fingerprint density at radius 2 is 1.13 bits per heavy atom. The lowest BCUT2D eigenvalue weighted by Gasteiger charge is -2.15. The van der Waals surface area contributed by atoms with Gasteiger partial charge in [0.05, 0.1) is 35.7 Å². The molecule has 0 atom stereocenters. The third-order valence-corrected chi connectivity index (χ3v) is 12.2. The lowest BCUT2D eigenvalue weighted by molar-refractivity contribution is 0.0815. The third kappa shape index (κ3) is 8.94. The van der Waals surface area contributed by atoms with Crippen LogP contribution >= 0.6 is 11.6 Å². The molecule has 0 unspecified atom stereocenters. The van der Waals surface area contributed by atoms with Crippen LogP contribution in [0.5, 0.6) is 11.5 Å². The maximum Gasteiger partial charge on any atom is 0.256 e. The number of anilines is 2. The molecule has 6 heterocycles. The van der Waals surface area contributed by atoms with Crippen LogP contribution in [0.25, 0.3) is 33.5 Å². The van der Waals surface area contributed by atoms with E-state index in [1.54, 1.807) is 67.6 Å². The number of hydrogen-bond donors (Lipinski definition) is 2. The molecule has 10 rings (SSSR count). The van der Waals surface area contributed by atoms with Gasteiger partial charge in [-0.25, -0.2) is 37.5 Å². The van der Waals surface area contributed by atoms with Crippen LogP contribution in [0.1, 0.15) is 54.4 Å². The molecule has 0 aliphatic carbocycles. The normalized spacial score (nSPS) is 12.5. The van der Waals surface area contributed by atoms with Crippen LogP contribution in [0.4, 0.5) is 29.5 Å². The molecule has 2 amide bonds. The predicted molar refractivity (Wildman–Crippen MR) is 253 cm³/mol. The van der Waals surface area contributed by atoms with Crippen molar-refractivity contribution >= 4 is 46.6 Å². The molecule has 0 bridgehead atoms. The van der Waals surface area contributed by atoms with E-state index >= 15 is 0 Å². The molecule has 2 aliphatic rings. The van der Waals surface area contributed by atoms with E-state index in [1.807, 2.05) is 20.0 Å². The highest BCUT2D eigenvalue weighted by atomic mass is 35.5. The molecule has 0 saturated carbocycles. The molecule has 2 N–H and O–H groups in total. The van der Waals surface area contributed by atoms with Gasteiger partial charge in [0.15, 0.2) is 0 Å². The number of nitrogens with one attached hydrogen (secondary N) is 2. The van der Waals surface area contributed by atoms with Gasteiger partial charge in [-0.2, -0.15) is 0 Å². The zero-order chi connectivity index (χ0) is 48.8. The Bertz CT molecular complexity index is 3360. The Balaban J connectivity index is 0.000000172. The number of benzene rings is 4. The number of aromatic nitrogens is 6. The number of rotatable bonds is 10. The van der Waals surface area contributed by atoms with Gasteiger partial charge in [0.1, 0.15) is 46.1 Å². The fourth-order valence-electron chi connectivity index (χ4n) is 8.45. The van der Waals surface area contributed by atoms with Crippen molar-refractivity contribution < 1.29 is 36.6 Å². The predicted octanol–water partition coefficient (Wildman–Crippen LogP) is 9.12. The highest BCUT2D eigenvalue weighted by Crippen LogP contribution is 2.36. The van der Waals surface area contributed by atoms with E-state index < -0.39 is 23.4 Å². The molecule has 14 nitrogen and oxygen atoms in total. The largest absolute Gasteiger partial charge is 0.493 e. The Kier molecular flexibility index (Phi) is 12.6. The summed E-state index contributed by atoms with van der Waals surface area (Å²) in [4.78, 5) is 45.2. The van der Waals surface area contributed by atoms with Crippen LogP contribution in [0.3, 0.4) is 0 Å². The van der Waals surface area contributed by atoms with Crippen molar-refractivity contribution in [2.75, 3.05) is 52.0 Å². The standard InChI is InChI=1S/C25H22ClF2N5O2.C25H23F2N5O2/c1-13-12-33-23(31-13)18(15-9-21(28)16(8-19(15)26)24(34)32(2)3)11-30-25(33)29-10-17-14-6-7-35-22(14)5-4-20(17)27;1-14-13-32-23(30-14)18(15-4-5-17(21(27)10-15)24(33)31(2)3)11-28-25(32)29-12-19-16-8-9-34-22(16)7-6-20(19)26/h4-5,8-9,11-12H,6-7,10H2,1-3H3,(H,29,30);4-7,10-11,13H,8-9,12H2,1-3H3,(H,28,29). The zero-order valence-electron chi connectivity index (χ0n) is 38.3. The number of fused-ring (bicyclic) bond motifs is 4. The number of imidazole rings is 2. The van der Waals surface area contributed by atoms with Crippen LogP contribution in [0.15, 0.2) is 79.4 Å². The van der Waals surface area contributed by atoms with Gasteiger partial charge in [0.25, 0.3) is 11.8 Å². The molecule has 2 aliphatic heterocycles. The lowest BCUT2D eigenvalue weighted by Crippen LogP contribution is -2.22. The Hall–Kier alpha value is -7.73. The van der Waals surface area contributed by atoms with Crippen molar-refractivity contribution in [2.24, 2.45) is 0 Å². The number of halogens is 5. The number of hydrogen-bond acceptors (Lipinski definition) is 10. The monoisotopic (exact) mass is 960 g/mol. The van der Waals surface area contributed by atoms with Gasteiger partial charge in [0, 0.05) is 123 Å². The summed E-state index contributed by atoms with van der Waals surface area (Å²) >= 11 is 6.47. The van der Waals surface area contributed by atoms with Crippen LogP contribution in [0.2, 0.25) is 5.02 Å². The van der Waals surface area contributed by atoms with E-state index in [0.717, 1.165) is 16.8 Å². The number of amides is 2. The average molecular weight is 961 g/mol. The second-order valence-corrected chi connectivity index (χ2v) is 17.4. The maximum absolute atomic E-state index is 14.9. The van der Waals surface area contributed by atoms with E-state index in [9.17, 15) is 27.2 Å². The molecule has 69 heavy (non-hydrogen) atoms. The van der Waals surface area contributed by atoms with E-state index in [0.29, 0.717) is 99.8 Å². The van der Waals surface area contributed by atoms with Gasteiger partial charge < -0.3 is 29.9 Å². The van der Waals surface area contributed by atoms with Crippen LogP contribution in [-0.4, -0.2) is 91.8 Å². The first-order valence-corrected chi connectivity index (χ1v) is 22.2. The summed E-state index contributed by atoms with van der Waals surface area (Å²) in [6.45, 7) is 5.17. The molecular formula is C50H45ClF4N10O4. The molecule has 354 valence electrons. The molecule has 0 radical (unpaired) electrons. The summed E-state index contributed by atoms with van der Waals surface area (Å²) in [5.74, 6) is -0.482. The van der Waals surface area contributed by atoms with Crippen molar-refractivity contribution in [3.8, 4) is 33.8 Å². The Labute approximate surface area is 398 Å². The first kappa shape index (κ1) is 46.4. The fourth-order valence-corrected chi connectivity index (χ4v) is 8.71. The molecular weight excluding hydrogens is 916 g/mol. The summed E-state index contributed by atoms with van der Waals surface area (Å²) in [5, 5.41) is 6.59. The topological polar surface area (TPSA) is 144 Å². The van der Waals surface area contributed by atoms with E-state index in [-0.39, 0.29) is 40.9 Å². The molecule has 4 aromatic heterocycles. The lowest BCUT2D eigenvalue weighted by atomic mass is 10.0. The van der Waals surface area contributed by atoms with E-state index in [2.05, 4.69) is 30.6 Å². The second kappa shape index (κ2) is 18.7. The minimum atomic E-state index is -0.692. The summed E-state index contributed by atoms with van der Waals surface area (Å²) < 4.78 is 73.3. The van der Waals surface area contributed by atoms with Crippen molar-refractivity contribution in [2.45, 2.75) is 39.8 Å². The SMILES string of the molecule is Cc1cn2c(NCc3c(F)ccc4c3CCO4)ncc(-c3cc(F)c(C(=O)N(C)C)cc3Cl)c2n1.Cc1cn2c(NCc3c(F)ccc4c3CCO4)ncc(-c3ccc(C(=O)N(C)C)c(F)c3)c2n1. The van der Waals surface area contributed by atoms with E-state index in [4.69, 9.17) is 21.1 Å².